The molecule has 2 bridgehead atoms. The second-order valence-electron chi connectivity index (χ2n) is 6.91. The highest BCUT2D eigenvalue weighted by Crippen LogP contribution is 2.41. The van der Waals surface area contributed by atoms with E-state index in [1.807, 2.05) is 12.2 Å². The molecule has 6 nitrogen and oxygen atoms in total. The zero-order valence-electron chi connectivity index (χ0n) is 14.6. The van der Waals surface area contributed by atoms with Crippen LogP contribution in [0.1, 0.15) is 38.5 Å². The molecule has 2 aliphatic rings. The van der Waals surface area contributed by atoms with E-state index in [-0.39, 0.29) is 35.5 Å². The molecule has 2 N–H and O–H groups in total. The summed E-state index contributed by atoms with van der Waals surface area (Å²) in [6.07, 6.45) is 8.11. The van der Waals surface area contributed by atoms with Crippen LogP contribution in [-0.2, 0) is 19.6 Å². The maximum absolute atomic E-state index is 12.6. The van der Waals surface area contributed by atoms with Gasteiger partial charge in [-0.05, 0) is 44.2 Å². The number of aliphatic carboxylic acids is 1. The van der Waals surface area contributed by atoms with Crippen LogP contribution in [0.5, 0.6) is 0 Å². The Kier molecular flexibility index (Phi) is 6.11. The van der Waals surface area contributed by atoms with Crippen LogP contribution in [0.2, 0.25) is 0 Å². The van der Waals surface area contributed by atoms with Gasteiger partial charge in [0, 0.05) is 12.3 Å². The molecule has 0 spiro atoms. The summed E-state index contributed by atoms with van der Waals surface area (Å²) >= 11 is 0. The SMILES string of the molecule is O=C(O)CCC/C=C\CC1C2CCC(O2)C1NS(=O)(=O)c1ccccc1. The van der Waals surface area contributed by atoms with Gasteiger partial charge in [0.15, 0.2) is 0 Å². The van der Waals surface area contributed by atoms with Gasteiger partial charge in [-0.15, -0.1) is 0 Å². The van der Waals surface area contributed by atoms with E-state index in [9.17, 15) is 13.2 Å². The number of ether oxygens (including phenoxy) is 1. The van der Waals surface area contributed by atoms with Gasteiger partial charge in [-0.25, -0.2) is 13.1 Å². The van der Waals surface area contributed by atoms with Crippen molar-refractivity contribution >= 4 is 16.0 Å². The van der Waals surface area contributed by atoms with Crippen LogP contribution in [0, 0.1) is 5.92 Å². The van der Waals surface area contributed by atoms with Crippen molar-refractivity contribution in [3.63, 3.8) is 0 Å². The summed E-state index contributed by atoms with van der Waals surface area (Å²) in [6.45, 7) is 0. The van der Waals surface area contributed by atoms with Gasteiger partial charge >= 0.3 is 5.97 Å². The van der Waals surface area contributed by atoms with Gasteiger partial charge in [-0.1, -0.05) is 30.4 Å². The lowest BCUT2D eigenvalue weighted by atomic mass is 9.83. The van der Waals surface area contributed by atoms with Gasteiger partial charge < -0.3 is 9.84 Å². The first-order valence-corrected chi connectivity index (χ1v) is 10.6. The summed E-state index contributed by atoms with van der Waals surface area (Å²) in [6, 6.07) is 8.17. The van der Waals surface area contributed by atoms with Gasteiger partial charge in [0.25, 0.3) is 0 Å². The Morgan fingerprint density at radius 2 is 1.92 bits per heavy atom. The number of carboxylic acids is 1. The Bertz CT molecular complexity index is 746. The Balaban J connectivity index is 1.60. The summed E-state index contributed by atoms with van der Waals surface area (Å²) in [5.74, 6) is -0.668. The molecule has 0 radical (unpaired) electrons. The fraction of sp³-hybridized carbons (Fsp3) is 0.526. The number of carboxylic acid groups (broad SMARTS) is 1. The molecule has 26 heavy (non-hydrogen) atoms. The highest BCUT2D eigenvalue weighted by Gasteiger charge is 2.49. The summed E-state index contributed by atoms with van der Waals surface area (Å²) in [7, 11) is -3.57. The van der Waals surface area contributed by atoms with Crippen LogP contribution >= 0.6 is 0 Å². The number of fused-ring (bicyclic) bond motifs is 2. The molecule has 2 fully saturated rings. The zero-order valence-corrected chi connectivity index (χ0v) is 15.4. The molecule has 1 aromatic carbocycles. The Morgan fingerprint density at radius 3 is 2.65 bits per heavy atom. The Hall–Kier alpha value is -1.70. The maximum atomic E-state index is 12.6. The highest BCUT2D eigenvalue weighted by atomic mass is 32.2. The summed E-state index contributed by atoms with van der Waals surface area (Å²) in [5.41, 5.74) is 0. The van der Waals surface area contributed by atoms with Gasteiger partial charge in [0.05, 0.1) is 23.1 Å². The van der Waals surface area contributed by atoms with E-state index in [0.717, 1.165) is 19.3 Å². The van der Waals surface area contributed by atoms with E-state index in [4.69, 9.17) is 9.84 Å². The van der Waals surface area contributed by atoms with Gasteiger partial charge in [-0.3, -0.25) is 4.79 Å². The molecule has 4 unspecified atom stereocenters. The van der Waals surface area contributed by atoms with Crippen molar-refractivity contribution in [1.82, 2.24) is 4.72 Å². The molecule has 0 aliphatic carbocycles. The topological polar surface area (TPSA) is 92.7 Å². The molecule has 2 aliphatic heterocycles. The Morgan fingerprint density at radius 1 is 1.19 bits per heavy atom. The van der Waals surface area contributed by atoms with Crippen LogP contribution in [0.15, 0.2) is 47.4 Å². The van der Waals surface area contributed by atoms with Crippen LogP contribution in [0.4, 0.5) is 0 Å². The molecule has 4 atom stereocenters. The first kappa shape index (κ1) is 19.1. The third-order valence-electron chi connectivity index (χ3n) is 5.11. The van der Waals surface area contributed by atoms with Crippen molar-refractivity contribution in [2.45, 2.75) is 61.7 Å². The quantitative estimate of drug-likeness (QED) is 0.508. The van der Waals surface area contributed by atoms with E-state index in [1.54, 1.807) is 30.3 Å². The fourth-order valence-corrected chi connectivity index (χ4v) is 5.16. The van der Waals surface area contributed by atoms with E-state index in [1.165, 1.54) is 0 Å². The van der Waals surface area contributed by atoms with E-state index < -0.39 is 16.0 Å². The minimum Gasteiger partial charge on any atom is -0.481 e. The smallest absolute Gasteiger partial charge is 0.303 e. The first-order valence-electron chi connectivity index (χ1n) is 9.07. The third-order valence-corrected chi connectivity index (χ3v) is 6.58. The first-order chi connectivity index (χ1) is 12.5. The second-order valence-corrected chi connectivity index (χ2v) is 8.62. The van der Waals surface area contributed by atoms with Crippen LogP contribution in [0.3, 0.4) is 0 Å². The number of carbonyl (C=O) groups is 1. The number of rotatable bonds is 9. The number of hydrogen-bond acceptors (Lipinski definition) is 4. The lowest BCUT2D eigenvalue weighted by molar-refractivity contribution is -0.137. The number of allylic oxidation sites excluding steroid dienone is 2. The molecule has 3 rings (SSSR count). The van der Waals surface area contributed by atoms with Crippen LogP contribution in [-0.4, -0.2) is 37.7 Å². The minimum absolute atomic E-state index is 0.0658. The molecular weight excluding hydrogens is 354 g/mol. The lowest BCUT2D eigenvalue weighted by Gasteiger charge is -2.27. The molecule has 2 saturated heterocycles. The molecular formula is C19H25NO5S. The van der Waals surface area contributed by atoms with E-state index in [0.29, 0.717) is 12.8 Å². The van der Waals surface area contributed by atoms with Crippen molar-refractivity contribution in [3.05, 3.63) is 42.5 Å². The molecule has 0 amide bonds. The number of benzene rings is 1. The van der Waals surface area contributed by atoms with Crippen molar-refractivity contribution in [2.24, 2.45) is 5.92 Å². The predicted octanol–water partition coefficient (Wildman–Crippen LogP) is 2.71. The standard InChI is InChI=1S/C19H25NO5S/c21-18(22)11-7-2-1-6-10-15-16-12-13-17(25-16)19(15)20-26(23,24)14-8-4-3-5-9-14/h1,3-6,8-9,15-17,19-20H,2,7,10-13H2,(H,21,22)/b6-1-. The van der Waals surface area contributed by atoms with Crippen molar-refractivity contribution in [3.8, 4) is 0 Å². The van der Waals surface area contributed by atoms with Crippen LogP contribution < -0.4 is 4.72 Å². The number of unbranched alkanes of at least 4 members (excludes halogenated alkanes) is 1. The summed E-state index contributed by atoms with van der Waals surface area (Å²) in [4.78, 5) is 10.8. The number of nitrogens with one attached hydrogen (secondary N) is 1. The molecule has 7 heteroatoms. The minimum atomic E-state index is -3.57. The number of sulfonamides is 1. The van der Waals surface area contributed by atoms with Crippen molar-refractivity contribution in [2.75, 3.05) is 0 Å². The highest BCUT2D eigenvalue weighted by molar-refractivity contribution is 7.89. The average Bonchev–Trinajstić information content (AvgIpc) is 3.20. The lowest BCUT2D eigenvalue weighted by Crippen LogP contribution is -2.46. The monoisotopic (exact) mass is 379 g/mol. The molecule has 0 saturated carbocycles. The molecule has 0 aromatic heterocycles. The van der Waals surface area contributed by atoms with E-state index in [2.05, 4.69) is 4.72 Å². The van der Waals surface area contributed by atoms with Gasteiger partial charge in [-0.2, -0.15) is 0 Å². The summed E-state index contributed by atoms with van der Waals surface area (Å²) < 4.78 is 34.1. The molecule has 2 heterocycles. The van der Waals surface area contributed by atoms with Crippen molar-refractivity contribution in [1.29, 1.82) is 0 Å². The second kappa shape index (κ2) is 8.33. The van der Waals surface area contributed by atoms with E-state index >= 15 is 0 Å². The molecule has 142 valence electrons. The summed E-state index contributed by atoms with van der Waals surface area (Å²) in [5, 5.41) is 8.65. The van der Waals surface area contributed by atoms with Crippen molar-refractivity contribution < 1.29 is 23.1 Å². The maximum Gasteiger partial charge on any atom is 0.303 e. The average molecular weight is 379 g/mol. The molecule has 1 aromatic rings. The number of hydrogen-bond donors (Lipinski definition) is 2. The Labute approximate surface area is 154 Å². The van der Waals surface area contributed by atoms with Crippen LogP contribution in [0.25, 0.3) is 0 Å². The predicted molar refractivity (Wildman–Crippen MR) is 97.2 cm³/mol. The largest absolute Gasteiger partial charge is 0.481 e. The van der Waals surface area contributed by atoms with Gasteiger partial charge in [0.1, 0.15) is 0 Å². The normalized spacial score (nSPS) is 28.0. The fourth-order valence-electron chi connectivity index (χ4n) is 3.83. The third kappa shape index (κ3) is 4.52. The zero-order chi connectivity index (χ0) is 18.6. The van der Waals surface area contributed by atoms with Gasteiger partial charge in [0.2, 0.25) is 10.0 Å².